The number of sulfone groups is 1. The minimum atomic E-state index is -4.10. The summed E-state index contributed by atoms with van der Waals surface area (Å²) in [6.45, 7) is 7.45. The molecule has 30 heteroatoms. The molecule has 0 radical (unpaired) electrons. The highest BCUT2D eigenvalue weighted by molar-refractivity contribution is 8.00. The Morgan fingerprint density at radius 1 is 1.05 bits per heavy atom. The standard InChI is InChI=1S/C15H15ClFN3O3S2.C15H22ClNO2.C14H13NO7S.C3H8NO5P/c1-23-13(21)8-24-12-7-11(10(17)6-9(12)16)18-14-19-4-2-3-5-20(19)15(22)25-14;1-5-13-8-6-7-11(2)15(13)17(14(18)9-16)12(3)10-19-4;1-23(21,22)8-5-6-9(10(7-8)15(19)20)14(18)13-11(16)3-2-4-12(13)17;5-3(6)1-4-2-10(7,8)9/h6-7H,2-5,8H2,1H3;6-8,12H,5,9-10H2,1-4H3;5-7,13H,2-4H2,1H3;4H,1-2H2,(H,5,6)(H2,7,8,9). The number of nitrogens with zero attached hydrogens (tertiary/aromatic N) is 5. The van der Waals surface area contributed by atoms with Crippen molar-refractivity contribution in [3.8, 4) is 0 Å². The number of Topliss-reactive ketones (excluding diaryl/α,β-unsaturated/α-hetero) is 3. The van der Waals surface area contributed by atoms with Crippen LogP contribution in [0.3, 0.4) is 0 Å². The van der Waals surface area contributed by atoms with Gasteiger partial charge in [0.25, 0.3) is 5.69 Å². The number of fused-ring (bicyclic) bond motifs is 1. The van der Waals surface area contributed by atoms with Gasteiger partial charge < -0.3 is 29.3 Å². The minimum Gasteiger partial charge on any atom is -0.480 e. The quantitative estimate of drug-likeness (QED) is 0.0132. The molecule has 1 aromatic heterocycles. The summed E-state index contributed by atoms with van der Waals surface area (Å²) in [5, 5.41) is 21.4. The predicted octanol–water partition coefficient (Wildman–Crippen LogP) is 5.87. The number of anilines is 1. The van der Waals surface area contributed by atoms with Crippen LogP contribution in [0.25, 0.3) is 0 Å². The normalized spacial score (nSPS) is 14.1. The molecule has 6 rings (SSSR count). The number of nitro groups is 1. The van der Waals surface area contributed by atoms with E-state index in [4.69, 9.17) is 42.8 Å². The molecule has 422 valence electrons. The third-order valence-corrected chi connectivity index (χ3v) is 15.4. The van der Waals surface area contributed by atoms with E-state index in [2.05, 4.69) is 28.0 Å². The van der Waals surface area contributed by atoms with Gasteiger partial charge >= 0.3 is 24.4 Å². The topological polar surface area (TPSA) is 330 Å². The fraction of sp³-hybridized carbons (Fsp3) is 0.447. The second kappa shape index (κ2) is 30.6. The molecule has 3 aromatic carbocycles. The van der Waals surface area contributed by atoms with Crippen molar-refractivity contribution >= 4 is 116 Å². The number of amides is 1. The number of methoxy groups -OCH3 is 2. The highest BCUT2D eigenvalue weighted by Gasteiger charge is 2.39. The fourth-order valence-corrected chi connectivity index (χ4v) is 10.7. The lowest BCUT2D eigenvalue weighted by Gasteiger charge is -2.31. The predicted molar refractivity (Wildman–Crippen MR) is 286 cm³/mol. The number of carboxylic acid groups (broad SMARTS) is 1. The molecule has 4 aromatic rings. The number of rotatable bonds is 18. The monoisotopic (exact) mass is 1190 g/mol. The lowest BCUT2D eigenvalue weighted by atomic mass is 9.81. The van der Waals surface area contributed by atoms with Crippen molar-refractivity contribution in [3.63, 3.8) is 0 Å². The molecule has 1 aliphatic carbocycles. The zero-order valence-corrected chi connectivity index (χ0v) is 47.4. The van der Waals surface area contributed by atoms with Crippen LogP contribution in [0.5, 0.6) is 0 Å². The number of para-hydroxylation sites is 1. The van der Waals surface area contributed by atoms with Crippen molar-refractivity contribution in [1.29, 1.82) is 0 Å². The van der Waals surface area contributed by atoms with Crippen LogP contribution in [0.4, 0.5) is 21.5 Å². The first-order valence-electron chi connectivity index (χ1n) is 23.1. The summed E-state index contributed by atoms with van der Waals surface area (Å²) >= 11 is 13.9. The van der Waals surface area contributed by atoms with Crippen LogP contribution in [0.2, 0.25) is 5.02 Å². The molecule has 2 heterocycles. The summed E-state index contributed by atoms with van der Waals surface area (Å²) < 4.78 is 60.4. The SMILES string of the molecule is CCc1cccc(C)c1N(C(=O)CCl)C(C)COC.COC(=O)CSc1cc(N=c2sc(=O)n3n2CCCC3)c(F)cc1Cl.CS(=O)(=O)c1ccc(C(=O)C2C(=O)CCCC2=O)c([N+](=O)[O-])c1.O=C(O)CNCP(=O)(O)O. The third kappa shape index (κ3) is 19.7. The number of ketones is 3. The van der Waals surface area contributed by atoms with Crippen LogP contribution >= 0.6 is 53.9 Å². The van der Waals surface area contributed by atoms with Crippen molar-refractivity contribution in [3.05, 3.63) is 101 Å². The Labute approximate surface area is 460 Å². The number of aromatic nitrogens is 2. The zero-order chi connectivity index (χ0) is 57.9. The Hall–Kier alpha value is -5.48. The smallest absolute Gasteiger partial charge is 0.339 e. The van der Waals surface area contributed by atoms with Gasteiger partial charge in [-0.25, -0.2) is 22.5 Å². The van der Waals surface area contributed by atoms with Crippen LogP contribution < -0.4 is 19.9 Å². The van der Waals surface area contributed by atoms with E-state index in [1.54, 1.807) is 21.4 Å². The molecule has 1 unspecified atom stereocenters. The molecular weight excluding hydrogens is 1140 g/mol. The van der Waals surface area contributed by atoms with Crippen LogP contribution in [0.1, 0.15) is 67.4 Å². The van der Waals surface area contributed by atoms with Gasteiger partial charge in [-0.2, -0.15) is 0 Å². The summed E-state index contributed by atoms with van der Waals surface area (Å²) in [5.74, 6) is -5.79. The number of nitrogens with one attached hydrogen (secondary N) is 1. The molecule has 0 spiro atoms. The average Bonchev–Trinajstić information content (AvgIpc) is 3.68. The van der Waals surface area contributed by atoms with Gasteiger partial charge in [0.05, 0.1) is 64.4 Å². The number of esters is 1. The van der Waals surface area contributed by atoms with E-state index in [9.17, 15) is 61.0 Å². The van der Waals surface area contributed by atoms with Crippen LogP contribution in [0.15, 0.2) is 68.1 Å². The Bertz CT molecular complexity index is 3110. The molecule has 1 atom stereocenters. The fourth-order valence-electron chi connectivity index (χ4n) is 7.51. The first kappa shape index (κ1) is 65.8. The molecule has 1 fully saturated rings. The van der Waals surface area contributed by atoms with E-state index in [0.29, 0.717) is 35.8 Å². The summed E-state index contributed by atoms with van der Waals surface area (Å²) in [7, 11) is -4.86. The molecular formula is C47H58Cl2FN6O17PS3. The molecule has 0 saturated heterocycles. The number of nitro benzene ring substituents is 1. The Morgan fingerprint density at radius 3 is 2.23 bits per heavy atom. The Balaban J connectivity index is 0.000000282. The van der Waals surface area contributed by atoms with E-state index in [1.807, 2.05) is 26.0 Å². The van der Waals surface area contributed by atoms with Crippen LogP contribution in [-0.4, -0.2) is 130 Å². The number of hydrogen-bond donors (Lipinski definition) is 4. The number of alkyl halides is 1. The van der Waals surface area contributed by atoms with E-state index in [-0.39, 0.29) is 56.9 Å². The molecule has 4 N–H and O–H groups in total. The maximum atomic E-state index is 14.3. The molecule has 77 heavy (non-hydrogen) atoms. The van der Waals surface area contributed by atoms with Crippen LogP contribution in [-0.2, 0) is 67.4 Å². The van der Waals surface area contributed by atoms with Gasteiger partial charge in [0.15, 0.2) is 27.2 Å². The van der Waals surface area contributed by atoms with E-state index in [1.165, 1.54) is 13.2 Å². The van der Waals surface area contributed by atoms with Gasteiger partial charge in [0.1, 0.15) is 23.3 Å². The molecule has 1 amide bonds. The molecule has 23 nitrogen and oxygen atoms in total. The molecule has 1 saturated carbocycles. The molecule has 2 aliphatic rings. The van der Waals surface area contributed by atoms with Crippen molar-refractivity contribution < 1.29 is 75.4 Å². The maximum absolute atomic E-state index is 14.3. The van der Waals surface area contributed by atoms with E-state index < -0.39 is 87.5 Å². The number of carbonyl (C=O) groups is 6. The second-order valence-electron chi connectivity index (χ2n) is 16.9. The zero-order valence-electron chi connectivity index (χ0n) is 42.6. The second-order valence-corrected chi connectivity index (χ2v) is 23.2. The average molecular weight is 1200 g/mol. The van der Waals surface area contributed by atoms with Gasteiger partial charge in [0, 0.05) is 50.3 Å². The molecule has 1 aliphatic heterocycles. The van der Waals surface area contributed by atoms with Crippen molar-refractivity contribution in [1.82, 2.24) is 14.7 Å². The first-order chi connectivity index (χ1) is 36.1. The maximum Gasteiger partial charge on any atom is 0.339 e. The van der Waals surface area contributed by atoms with Crippen molar-refractivity contribution in [2.75, 3.05) is 56.4 Å². The van der Waals surface area contributed by atoms with Crippen LogP contribution in [0, 0.1) is 28.8 Å². The van der Waals surface area contributed by atoms with Gasteiger partial charge in [-0.1, -0.05) is 36.7 Å². The molecule has 0 bridgehead atoms. The third-order valence-electron chi connectivity index (χ3n) is 11.1. The van der Waals surface area contributed by atoms with E-state index >= 15 is 0 Å². The van der Waals surface area contributed by atoms with Crippen molar-refractivity contribution in [2.45, 2.75) is 88.2 Å². The highest BCUT2D eigenvalue weighted by Crippen LogP contribution is 2.34. The largest absolute Gasteiger partial charge is 0.480 e. The number of halogens is 3. The Morgan fingerprint density at radius 2 is 1.69 bits per heavy atom. The minimum absolute atomic E-state index is 0.0223. The van der Waals surface area contributed by atoms with Gasteiger partial charge in [0.2, 0.25) is 10.7 Å². The number of hydrogen-bond acceptors (Lipinski definition) is 18. The van der Waals surface area contributed by atoms with Gasteiger partial charge in [-0.3, -0.25) is 58.2 Å². The summed E-state index contributed by atoms with van der Waals surface area (Å²) in [6, 6.07) is 11.5. The number of carbonyl (C=O) groups excluding carboxylic acids is 5. The number of benzene rings is 3. The number of thioether (sulfide) groups is 1. The highest BCUT2D eigenvalue weighted by atomic mass is 35.5. The first-order valence-corrected chi connectivity index (χ1v) is 29.6. The number of aryl methyl sites for hydroxylation is 2. The number of carboxylic acids is 1. The lowest BCUT2D eigenvalue weighted by molar-refractivity contribution is -0.385. The Kier molecular flexibility index (Phi) is 26.2. The summed E-state index contributed by atoms with van der Waals surface area (Å²) in [5.41, 5.74) is 2.13. The van der Waals surface area contributed by atoms with Gasteiger partial charge in [-0.05, 0) is 86.3 Å². The van der Waals surface area contributed by atoms with Crippen molar-refractivity contribution in [2.24, 2.45) is 10.9 Å². The summed E-state index contributed by atoms with van der Waals surface area (Å²) in [4.78, 5) is 115. The lowest BCUT2D eigenvalue weighted by Crippen LogP contribution is -2.43. The summed E-state index contributed by atoms with van der Waals surface area (Å²) in [6.07, 6.45) is 3.54. The number of ether oxygens (including phenoxy) is 2. The van der Waals surface area contributed by atoms with Gasteiger partial charge in [-0.15, -0.1) is 23.4 Å². The number of aliphatic carboxylic acids is 1. The van der Waals surface area contributed by atoms with E-state index in [0.717, 1.165) is 89.7 Å².